The van der Waals surface area contributed by atoms with Gasteiger partial charge in [-0.25, -0.2) is 4.79 Å². The van der Waals surface area contributed by atoms with Gasteiger partial charge in [-0.1, -0.05) is 76.4 Å². The van der Waals surface area contributed by atoms with Crippen LogP contribution in [-0.4, -0.2) is 17.9 Å². The van der Waals surface area contributed by atoms with Crippen LogP contribution in [-0.2, 0) is 5.41 Å². The quantitative estimate of drug-likeness (QED) is 0.674. The van der Waals surface area contributed by atoms with Crippen molar-refractivity contribution in [3.05, 3.63) is 65.2 Å². The van der Waals surface area contributed by atoms with E-state index in [9.17, 15) is 9.59 Å². The number of urea groups is 1. The molecule has 1 fully saturated rings. The molecule has 1 aliphatic rings. The van der Waals surface area contributed by atoms with Crippen molar-refractivity contribution < 1.29 is 9.59 Å². The molecule has 28 heavy (non-hydrogen) atoms. The number of nitrogens with one attached hydrogen (secondary N) is 2. The molecule has 0 bridgehead atoms. The van der Waals surface area contributed by atoms with Crippen molar-refractivity contribution in [3.8, 4) is 0 Å². The van der Waals surface area contributed by atoms with Crippen LogP contribution in [0.4, 0.5) is 10.5 Å². The molecule has 1 saturated carbocycles. The van der Waals surface area contributed by atoms with Gasteiger partial charge in [-0.15, -0.1) is 0 Å². The minimum atomic E-state index is -0.203. The fourth-order valence-corrected chi connectivity index (χ4v) is 3.63. The Labute approximate surface area is 167 Å². The van der Waals surface area contributed by atoms with Gasteiger partial charge >= 0.3 is 6.03 Å². The van der Waals surface area contributed by atoms with Crippen LogP contribution >= 0.6 is 0 Å². The number of benzene rings is 2. The van der Waals surface area contributed by atoms with Gasteiger partial charge in [0.25, 0.3) is 0 Å². The van der Waals surface area contributed by atoms with Crippen LogP contribution in [0.2, 0.25) is 0 Å². The summed E-state index contributed by atoms with van der Waals surface area (Å²) in [4.78, 5) is 25.1. The lowest BCUT2D eigenvalue weighted by Gasteiger charge is -2.22. The monoisotopic (exact) mass is 378 g/mol. The zero-order valence-corrected chi connectivity index (χ0v) is 17.0. The van der Waals surface area contributed by atoms with Gasteiger partial charge in [-0.3, -0.25) is 4.79 Å². The van der Waals surface area contributed by atoms with Crippen molar-refractivity contribution >= 4 is 17.5 Å². The highest BCUT2D eigenvalue weighted by Crippen LogP contribution is 2.23. The minimum Gasteiger partial charge on any atom is -0.335 e. The first-order chi connectivity index (χ1) is 13.3. The SMILES string of the molecule is CC(C)(C)c1ccc(C(=O)c2cccc(NC(=O)NC3CCCCC3)c2)cc1. The average molecular weight is 379 g/mol. The molecular weight excluding hydrogens is 348 g/mol. The summed E-state index contributed by atoms with van der Waals surface area (Å²) in [7, 11) is 0. The molecule has 0 spiro atoms. The zero-order chi connectivity index (χ0) is 20.1. The summed E-state index contributed by atoms with van der Waals surface area (Å²) >= 11 is 0. The van der Waals surface area contributed by atoms with Gasteiger partial charge in [0.2, 0.25) is 0 Å². The van der Waals surface area contributed by atoms with E-state index < -0.39 is 0 Å². The molecule has 0 atom stereocenters. The van der Waals surface area contributed by atoms with Crippen molar-refractivity contribution in [1.29, 1.82) is 0 Å². The summed E-state index contributed by atoms with van der Waals surface area (Å²) < 4.78 is 0. The normalized spacial score (nSPS) is 15.1. The molecular formula is C24H30N2O2. The van der Waals surface area contributed by atoms with E-state index in [-0.39, 0.29) is 23.3 Å². The van der Waals surface area contributed by atoms with Crippen molar-refractivity contribution in [2.24, 2.45) is 0 Å². The fourth-order valence-electron chi connectivity index (χ4n) is 3.63. The Balaban J connectivity index is 1.66. The Morgan fingerprint density at radius 1 is 0.893 bits per heavy atom. The molecule has 0 saturated heterocycles. The molecule has 0 radical (unpaired) electrons. The first-order valence-electron chi connectivity index (χ1n) is 10.2. The van der Waals surface area contributed by atoms with Gasteiger partial charge in [0, 0.05) is 22.9 Å². The summed E-state index contributed by atoms with van der Waals surface area (Å²) in [5.41, 5.74) is 3.09. The number of hydrogen-bond donors (Lipinski definition) is 2. The molecule has 2 N–H and O–H groups in total. The van der Waals surface area contributed by atoms with Gasteiger partial charge in [-0.05, 0) is 36.0 Å². The second-order valence-electron chi connectivity index (χ2n) is 8.67. The minimum absolute atomic E-state index is 0.0446. The molecule has 4 heteroatoms. The van der Waals surface area contributed by atoms with Crippen LogP contribution < -0.4 is 10.6 Å². The van der Waals surface area contributed by atoms with E-state index in [1.807, 2.05) is 24.3 Å². The van der Waals surface area contributed by atoms with Crippen LogP contribution in [0.3, 0.4) is 0 Å². The predicted molar refractivity (Wildman–Crippen MR) is 114 cm³/mol. The molecule has 0 unspecified atom stereocenters. The smallest absolute Gasteiger partial charge is 0.319 e. The predicted octanol–water partition coefficient (Wildman–Crippen LogP) is 5.67. The molecule has 2 aromatic rings. The lowest BCUT2D eigenvalue weighted by molar-refractivity contribution is 0.103. The van der Waals surface area contributed by atoms with Crippen molar-refractivity contribution in [2.45, 2.75) is 64.3 Å². The average Bonchev–Trinajstić information content (AvgIpc) is 2.68. The zero-order valence-electron chi connectivity index (χ0n) is 17.0. The lowest BCUT2D eigenvalue weighted by atomic mass is 9.86. The number of hydrogen-bond acceptors (Lipinski definition) is 2. The Hall–Kier alpha value is -2.62. The Morgan fingerprint density at radius 3 is 2.21 bits per heavy atom. The second kappa shape index (κ2) is 8.59. The Morgan fingerprint density at radius 2 is 1.57 bits per heavy atom. The molecule has 3 rings (SSSR count). The second-order valence-corrected chi connectivity index (χ2v) is 8.67. The number of rotatable bonds is 4. The third-order valence-electron chi connectivity index (χ3n) is 5.34. The number of carbonyl (C=O) groups excluding carboxylic acids is 2. The van der Waals surface area contributed by atoms with Crippen LogP contribution in [0.1, 0.15) is 74.4 Å². The largest absolute Gasteiger partial charge is 0.335 e. The Kier molecular flexibility index (Phi) is 6.18. The van der Waals surface area contributed by atoms with Crippen molar-refractivity contribution in [2.75, 3.05) is 5.32 Å². The highest BCUT2D eigenvalue weighted by molar-refractivity contribution is 6.09. The van der Waals surface area contributed by atoms with Gasteiger partial charge < -0.3 is 10.6 Å². The number of anilines is 1. The molecule has 1 aliphatic carbocycles. The number of carbonyl (C=O) groups is 2. The summed E-state index contributed by atoms with van der Waals surface area (Å²) in [6.45, 7) is 6.45. The summed E-state index contributed by atoms with van der Waals surface area (Å²) in [6.07, 6.45) is 5.67. The van der Waals surface area contributed by atoms with Crippen molar-refractivity contribution in [1.82, 2.24) is 5.32 Å². The van der Waals surface area contributed by atoms with Crippen molar-refractivity contribution in [3.63, 3.8) is 0 Å². The number of ketones is 1. The van der Waals surface area contributed by atoms with E-state index in [0.717, 1.165) is 12.8 Å². The first-order valence-corrected chi connectivity index (χ1v) is 10.2. The molecule has 2 aromatic carbocycles. The fraction of sp³-hybridized carbons (Fsp3) is 0.417. The molecule has 4 nitrogen and oxygen atoms in total. The third kappa shape index (κ3) is 5.22. The molecule has 0 aromatic heterocycles. The van der Waals surface area contributed by atoms with E-state index in [1.54, 1.807) is 24.3 Å². The van der Waals surface area contributed by atoms with E-state index in [0.29, 0.717) is 16.8 Å². The molecule has 0 heterocycles. The maximum atomic E-state index is 12.8. The topological polar surface area (TPSA) is 58.2 Å². The summed E-state index contributed by atoms with van der Waals surface area (Å²) in [6, 6.07) is 14.9. The standard InChI is InChI=1S/C24H30N2O2/c1-24(2,3)19-14-12-17(13-15-19)22(27)18-8-7-11-21(16-18)26-23(28)25-20-9-5-4-6-10-20/h7-8,11-16,20H,4-6,9-10H2,1-3H3,(H2,25,26,28). The van der Waals surface area contributed by atoms with Crippen LogP contribution in [0.5, 0.6) is 0 Å². The van der Waals surface area contributed by atoms with E-state index >= 15 is 0 Å². The molecule has 2 amide bonds. The maximum Gasteiger partial charge on any atom is 0.319 e. The highest BCUT2D eigenvalue weighted by atomic mass is 16.2. The molecule has 0 aliphatic heterocycles. The van der Waals surface area contributed by atoms with E-state index in [4.69, 9.17) is 0 Å². The summed E-state index contributed by atoms with van der Waals surface area (Å²) in [5.74, 6) is -0.0446. The van der Waals surface area contributed by atoms with Gasteiger partial charge in [-0.2, -0.15) is 0 Å². The van der Waals surface area contributed by atoms with E-state index in [1.165, 1.54) is 24.8 Å². The van der Waals surface area contributed by atoms with Gasteiger partial charge in [0.05, 0.1) is 0 Å². The van der Waals surface area contributed by atoms with Crippen LogP contribution in [0, 0.1) is 0 Å². The summed E-state index contributed by atoms with van der Waals surface area (Å²) in [5, 5.41) is 5.90. The van der Waals surface area contributed by atoms with Gasteiger partial charge in [0.15, 0.2) is 5.78 Å². The first kappa shape index (κ1) is 20.1. The van der Waals surface area contributed by atoms with Crippen LogP contribution in [0.15, 0.2) is 48.5 Å². The van der Waals surface area contributed by atoms with E-state index in [2.05, 4.69) is 31.4 Å². The third-order valence-corrected chi connectivity index (χ3v) is 5.34. The van der Waals surface area contributed by atoms with Gasteiger partial charge in [0.1, 0.15) is 0 Å². The highest BCUT2D eigenvalue weighted by Gasteiger charge is 2.17. The lowest BCUT2D eigenvalue weighted by Crippen LogP contribution is -2.39. The van der Waals surface area contributed by atoms with Crippen LogP contribution in [0.25, 0.3) is 0 Å². The Bertz CT molecular complexity index is 828. The number of amides is 2. The maximum absolute atomic E-state index is 12.8. The molecule has 148 valence electrons.